The summed E-state index contributed by atoms with van der Waals surface area (Å²) in [6.45, 7) is 0. The van der Waals surface area contributed by atoms with Crippen LogP contribution < -0.4 is 20.8 Å². The minimum absolute atomic E-state index is 0. The van der Waals surface area contributed by atoms with Crippen molar-refractivity contribution < 1.29 is 57.4 Å². The molecular formula is H4MnNO4PW. The molecule has 4 N–H and O–H groups in total. The third-order valence-corrected chi connectivity index (χ3v) is 0. The molecule has 0 bridgehead atoms. The van der Waals surface area contributed by atoms with E-state index in [0.29, 0.717) is 0 Å². The number of quaternary nitrogens is 1. The zero-order valence-corrected chi connectivity index (χ0v) is 8.87. The van der Waals surface area contributed by atoms with Crippen molar-refractivity contribution in [3.05, 3.63) is 0 Å². The Hall–Kier alpha value is 1.28. The van der Waals surface area contributed by atoms with Crippen molar-refractivity contribution in [3.8, 4) is 0 Å². The van der Waals surface area contributed by atoms with E-state index in [1.54, 1.807) is 0 Å². The second kappa shape index (κ2) is 8.28. The second-order valence-corrected chi connectivity index (χ2v) is 1.34. The van der Waals surface area contributed by atoms with Gasteiger partial charge in [0.05, 0.1) is 0 Å². The predicted molar refractivity (Wildman–Crippen MR) is 13.6 cm³/mol. The van der Waals surface area contributed by atoms with E-state index in [1.807, 2.05) is 0 Å². The van der Waals surface area contributed by atoms with Crippen molar-refractivity contribution in [3.63, 3.8) is 0 Å². The van der Waals surface area contributed by atoms with Gasteiger partial charge in [0, 0.05) is 21.1 Å². The van der Waals surface area contributed by atoms with Gasteiger partial charge in [-0.05, 0) is 0 Å². The summed E-state index contributed by atoms with van der Waals surface area (Å²) in [6, 6.07) is 0. The summed E-state index contributed by atoms with van der Waals surface area (Å²) in [6.07, 6.45) is 0. The molecule has 8 heteroatoms. The maximum Gasteiger partial charge on any atom is 2.00 e. The second-order valence-electron chi connectivity index (χ2n) is 0.447. The van der Waals surface area contributed by atoms with Crippen molar-refractivity contribution in [1.29, 1.82) is 0 Å². The molecule has 0 spiro atoms. The van der Waals surface area contributed by atoms with Gasteiger partial charge in [0.15, 0.2) is 0 Å². The summed E-state index contributed by atoms with van der Waals surface area (Å²) < 4.78 is 8.55. The summed E-state index contributed by atoms with van der Waals surface area (Å²) >= 11 is 0. The van der Waals surface area contributed by atoms with Crippen molar-refractivity contribution in [2.24, 2.45) is 0 Å². The van der Waals surface area contributed by atoms with Crippen LogP contribution in [0.1, 0.15) is 0 Å². The van der Waals surface area contributed by atoms with Crippen molar-refractivity contribution >= 4 is 7.82 Å². The van der Waals surface area contributed by atoms with Crippen LogP contribution in [-0.4, -0.2) is 0 Å². The van der Waals surface area contributed by atoms with Crippen molar-refractivity contribution in [2.75, 3.05) is 0 Å². The molecule has 0 aliphatic rings. The summed E-state index contributed by atoms with van der Waals surface area (Å²) in [5, 5.41) is 0. The molecule has 0 heterocycles. The maximum absolute atomic E-state index is 8.55. The van der Waals surface area contributed by atoms with Crippen molar-refractivity contribution in [2.45, 2.75) is 0 Å². The van der Waals surface area contributed by atoms with Gasteiger partial charge in [-0.1, -0.05) is 0 Å². The quantitative estimate of drug-likeness (QED) is 0.384. The van der Waals surface area contributed by atoms with Gasteiger partial charge in [0.2, 0.25) is 0 Å². The van der Waals surface area contributed by atoms with Gasteiger partial charge in [-0.2, -0.15) is 7.82 Å². The minimum atomic E-state index is -5.39. The van der Waals surface area contributed by atoms with Gasteiger partial charge < -0.3 is 25.4 Å². The van der Waals surface area contributed by atoms with E-state index in [4.69, 9.17) is 19.2 Å². The largest absolute Gasteiger partial charge is 2.00 e. The first-order valence-corrected chi connectivity index (χ1v) is 2.19. The molecule has 1 radical (unpaired) electrons. The zero-order chi connectivity index (χ0) is 4.50. The Morgan fingerprint density at radius 3 is 1.12 bits per heavy atom. The molecular weight excluding hydrogens is 348 g/mol. The molecule has 8 heavy (non-hydrogen) atoms. The van der Waals surface area contributed by atoms with E-state index in [2.05, 4.69) is 0 Å². The van der Waals surface area contributed by atoms with E-state index in [9.17, 15) is 0 Å². The third kappa shape index (κ3) is 176. The Morgan fingerprint density at radius 1 is 1.12 bits per heavy atom. The number of hydrogen-bond donors (Lipinski definition) is 1. The third-order valence-electron chi connectivity index (χ3n) is 0. The Bertz CT molecular complexity index is 62.2. The van der Waals surface area contributed by atoms with Crippen LogP contribution in [0, 0.1) is 0 Å². The van der Waals surface area contributed by atoms with Crippen LogP contribution in [-0.2, 0) is 42.7 Å². The Balaban J connectivity index is -0.0000000267. The fraction of sp³-hybridized carbons (Fsp3) is 0. The monoisotopic (exact) mass is 352 g/mol. The molecule has 0 saturated carbocycles. The fourth-order valence-electron chi connectivity index (χ4n) is 0. The molecule has 0 aliphatic heterocycles. The Labute approximate surface area is 71.4 Å². The SMILES string of the molecule is O=P([O-])([O-])[O-].[Mn+2].[NH4+].[W]. The van der Waals surface area contributed by atoms with Gasteiger partial charge in [-0.15, -0.1) is 0 Å². The summed E-state index contributed by atoms with van der Waals surface area (Å²) in [5.74, 6) is 0. The van der Waals surface area contributed by atoms with Crippen LogP contribution in [0.2, 0.25) is 0 Å². The average molecular weight is 352 g/mol. The standard InChI is InChI=1S/Mn.H3N.H3O4P.W/c;;1-5(2,3)4;/h;1H3;(H3,1,2,3,4);/q+2;;;/p-2. The van der Waals surface area contributed by atoms with Gasteiger partial charge in [-0.3, -0.25) is 0 Å². The average Bonchev–Trinajstić information content (AvgIpc) is 0.722. The molecule has 0 aromatic carbocycles. The number of phosphoric acid groups is 1. The van der Waals surface area contributed by atoms with Gasteiger partial charge >= 0.3 is 17.1 Å². The van der Waals surface area contributed by atoms with E-state index in [-0.39, 0.29) is 44.3 Å². The van der Waals surface area contributed by atoms with Crippen LogP contribution in [0.5, 0.6) is 0 Å². The van der Waals surface area contributed by atoms with Gasteiger partial charge in [0.1, 0.15) is 0 Å². The topological polar surface area (TPSA) is 123 Å². The van der Waals surface area contributed by atoms with Gasteiger partial charge in [-0.25, -0.2) is 0 Å². The van der Waals surface area contributed by atoms with E-state index >= 15 is 0 Å². The molecule has 0 rings (SSSR count). The molecule has 51 valence electrons. The molecule has 5 nitrogen and oxygen atoms in total. The fourth-order valence-corrected chi connectivity index (χ4v) is 0. The predicted octanol–water partition coefficient (Wildman–Crippen LogP) is -2.45. The molecule has 0 fully saturated rings. The summed E-state index contributed by atoms with van der Waals surface area (Å²) in [7, 11) is -5.39. The molecule has 0 unspecified atom stereocenters. The van der Waals surface area contributed by atoms with Crippen molar-refractivity contribution in [1.82, 2.24) is 6.15 Å². The molecule has 0 atom stereocenters. The zero-order valence-electron chi connectivity index (χ0n) is 3.87. The number of rotatable bonds is 0. The number of hydrogen-bond acceptors (Lipinski definition) is 4. The van der Waals surface area contributed by atoms with Gasteiger partial charge in [0.25, 0.3) is 0 Å². The molecule has 0 aromatic heterocycles. The molecule has 0 amide bonds. The molecule has 0 saturated heterocycles. The minimum Gasteiger partial charge on any atom is -0.822 e. The van der Waals surface area contributed by atoms with E-state index in [0.717, 1.165) is 0 Å². The maximum atomic E-state index is 8.55. The Morgan fingerprint density at radius 2 is 1.12 bits per heavy atom. The van der Waals surface area contributed by atoms with Crippen LogP contribution in [0.25, 0.3) is 0 Å². The first-order chi connectivity index (χ1) is 2.00. The van der Waals surface area contributed by atoms with Crippen LogP contribution in [0.4, 0.5) is 0 Å². The normalized spacial score (nSPS) is 7.38. The molecule has 0 aliphatic carbocycles. The van der Waals surface area contributed by atoms with E-state index in [1.165, 1.54) is 0 Å². The first-order valence-electron chi connectivity index (χ1n) is 0.730. The van der Waals surface area contributed by atoms with E-state index < -0.39 is 7.82 Å². The van der Waals surface area contributed by atoms with Crippen LogP contribution in [0.3, 0.4) is 0 Å². The van der Waals surface area contributed by atoms with Crippen LogP contribution in [0.15, 0.2) is 0 Å². The summed E-state index contributed by atoms with van der Waals surface area (Å²) in [5.41, 5.74) is 0. The first kappa shape index (κ1) is 22.8. The van der Waals surface area contributed by atoms with Crippen LogP contribution >= 0.6 is 7.82 Å². The Kier molecular flexibility index (Phi) is 23.6. The smallest absolute Gasteiger partial charge is 0.822 e. The molecule has 0 aromatic rings. The summed E-state index contributed by atoms with van der Waals surface area (Å²) in [4.78, 5) is 25.6.